The standard InChI is InChI=1S/C50H55NO8/c1-47(2,3)35-39(52)21-15-17-23-31-29(21)25(43(35)56)19-27(33(31)45(58)37(41(23)54)49(7,8)9)51(13,14)28-20-26-30-22(40(53)36(44(26)57)48(4,5)6)16-18-24-32(30)34(28)46(59)38(42(24)55)50(10,11)12/h15-20H,1-14H3,(H7-,52,53,54,55,56,57,58,59)/p+1. The first-order valence-corrected chi connectivity index (χ1v) is 20.1. The van der Waals surface area contributed by atoms with Crippen LogP contribution in [0.25, 0.3) is 64.6 Å². The SMILES string of the molecule is CC(C)(C)c1c(O)c2ccc3c(O)c(C(C)(C)C)c(O)c4c([N+](C)(C)c5cc6c(O)c(C(C)(C)C)c(O)c7ccc8c(O)c(C(C)(C)C)c(O)c5c8c76)cc(c1O)c2c34. The third-order valence-electron chi connectivity index (χ3n) is 12.6. The Morgan fingerprint density at radius 1 is 0.305 bits per heavy atom. The van der Waals surface area contributed by atoms with E-state index in [9.17, 15) is 40.9 Å². The zero-order valence-electron chi connectivity index (χ0n) is 36.5. The molecular weight excluding hydrogens is 743 g/mol. The van der Waals surface area contributed by atoms with Crippen LogP contribution in [0.4, 0.5) is 11.4 Å². The third-order valence-corrected chi connectivity index (χ3v) is 12.6. The Hall–Kier alpha value is -5.80. The molecule has 0 fully saturated rings. The predicted molar refractivity (Wildman–Crippen MR) is 242 cm³/mol. The molecule has 0 saturated heterocycles. The van der Waals surface area contributed by atoms with Gasteiger partial charge in [-0.15, -0.1) is 0 Å². The Kier molecular flexibility index (Phi) is 7.92. The Labute approximate surface area is 343 Å². The summed E-state index contributed by atoms with van der Waals surface area (Å²) >= 11 is 0. The van der Waals surface area contributed by atoms with E-state index in [1.54, 1.807) is 24.3 Å². The number of rotatable bonds is 2. The van der Waals surface area contributed by atoms with Crippen LogP contribution in [-0.4, -0.2) is 54.9 Å². The van der Waals surface area contributed by atoms with Crippen LogP contribution in [0.1, 0.15) is 105 Å². The normalized spacial score (nSPS) is 13.8. The van der Waals surface area contributed by atoms with Gasteiger partial charge in [-0.2, -0.15) is 0 Å². The van der Waals surface area contributed by atoms with Gasteiger partial charge in [0.25, 0.3) is 0 Å². The van der Waals surface area contributed by atoms with Crippen LogP contribution in [-0.2, 0) is 21.7 Å². The minimum Gasteiger partial charge on any atom is -0.507 e. The Balaban J connectivity index is 1.69. The number of phenols is 8. The summed E-state index contributed by atoms with van der Waals surface area (Å²) in [5.41, 5.74) is -0.598. The fraction of sp³-hybridized carbons (Fsp3) is 0.360. The van der Waals surface area contributed by atoms with Crippen molar-refractivity contribution < 1.29 is 40.9 Å². The van der Waals surface area contributed by atoms with Crippen LogP contribution in [0, 0.1) is 0 Å². The molecule has 0 unspecified atom stereocenters. The number of benzene rings is 8. The summed E-state index contributed by atoms with van der Waals surface area (Å²) in [6.07, 6.45) is 0. The van der Waals surface area contributed by atoms with Crippen LogP contribution in [0.2, 0.25) is 0 Å². The topological polar surface area (TPSA) is 162 Å². The Morgan fingerprint density at radius 2 is 0.525 bits per heavy atom. The van der Waals surface area contributed by atoms with E-state index in [1.807, 2.05) is 109 Å². The lowest BCUT2D eigenvalue weighted by Gasteiger charge is -2.35. The highest BCUT2D eigenvalue weighted by Gasteiger charge is 2.41. The zero-order chi connectivity index (χ0) is 43.8. The Morgan fingerprint density at radius 3 is 0.780 bits per heavy atom. The molecule has 0 aliphatic carbocycles. The number of hydrogen-bond donors (Lipinski definition) is 8. The number of hydrogen-bond acceptors (Lipinski definition) is 8. The maximum atomic E-state index is 12.6. The lowest BCUT2D eigenvalue weighted by Crippen LogP contribution is -2.35. The monoisotopic (exact) mass is 798 g/mol. The van der Waals surface area contributed by atoms with Crippen molar-refractivity contribution in [3.8, 4) is 46.0 Å². The highest BCUT2D eigenvalue weighted by Crippen LogP contribution is 2.61. The summed E-state index contributed by atoms with van der Waals surface area (Å²) in [4.78, 5) is 0. The van der Waals surface area contributed by atoms with Crippen molar-refractivity contribution in [1.29, 1.82) is 0 Å². The predicted octanol–water partition coefficient (Wildman–Crippen LogP) is 12.2. The first-order chi connectivity index (χ1) is 27.0. The molecule has 9 heteroatoms. The van der Waals surface area contributed by atoms with Crippen molar-refractivity contribution in [2.24, 2.45) is 0 Å². The largest absolute Gasteiger partial charge is 0.507 e. The van der Waals surface area contributed by atoms with Gasteiger partial charge in [0.05, 0.1) is 24.9 Å². The fourth-order valence-corrected chi connectivity index (χ4v) is 10.1. The molecule has 8 aromatic carbocycles. The zero-order valence-corrected chi connectivity index (χ0v) is 36.5. The molecule has 0 amide bonds. The summed E-state index contributed by atoms with van der Waals surface area (Å²) in [6, 6.07) is 10.6. The fourth-order valence-electron chi connectivity index (χ4n) is 10.1. The molecule has 9 nitrogen and oxygen atoms in total. The van der Waals surface area contributed by atoms with Crippen LogP contribution in [0.15, 0.2) is 36.4 Å². The molecule has 0 atom stereocenters. The van der Waals surface area contributed by atoms with Crippen molar-refractivity contribution >= 4 is 76.0 Å². The second-order valence-electron chi connectivity index (χ2n) is 21.2. The molecule has 0 aliphatic heterocycles. The summed E-state index contributed by atoms with van der Waals surface area (Å²) < 4.78 is -0.198. The molecule has 0 aliphatic rings. The van der Waals surface area contributed by atoms with Crippen LogP contribution < -0.4 is 4.48 Å². The van der Waals surface area contributed by atoms with Crippen molar-refractivity contribution in [3.05, 3.63) is 58.7 Å². The lowest BCUT2D eigenvalue weighted by atomic mass is 9.78. The van der Waals surface area contributed by atoms with E-state index in [0.717, 1.165) is 0 Å². The summed E-state index contributed by atoms with van der Waals surface area (Å²) in [6.45, 7) is 22.8. The highest BCUT2D eigenvalue weighted by atomic mass is 16.3. The molecule has 8 aromatic rings. The van der Waals surface area contributed by atoms with E-state index < -0.39 is 21.7 Å². The van der Waals surface area contributed by atoms with Gasteiger partial charge in [-0.05, 0) is 45.9 Å². The van der Waals surface area contributed by atoms with Gasteiger partial charge in [0.15, 0.2) is 0 Å². The molecule has 0 aromatic heterocycles. The number of quaternary nitrogens is 1. The molecule has 8 rings (SSSR count). The van der Waals surface area contributed by atoms with E-state index in [-0.39, 0.29) is 50.5 Å². The highest BCUT2D eigenvalue weighted by molar-refractivity contribution is 6.33. The average molecular weight is 799 g/mol. The van der Waals surface area contributed by atoms with E-state index in [0.29, 0.717) is 98.3 Å². The first kappa shape index (κ1) is 40.0. The molecule has 308 valence electrons. The van der Waals surface area contributed by atoms with Gasteiger partial charge in [-0.25, -0.2) is 0 Å². The third kappa shape index (κ3) is 5.13. The minimum absolute atomic E-state index is 0.0923. The number of aromatic hydroxyl groups is 8. The first-order valence-electron chi connectivity index (χ1n) is 20.1. The van der Waals surface area contributed by atoms with Crippen molar-refractivity contribution in [3.63, 3.8) is 0 Å². The maximum Gasteiger partial charge on any atom is 0.150 e. The van der Waals surface area contributed by atoms with Gasteiger partial charge in [0.1, 0.15) is 57.4 Å². The molecule has 0 spiro atoms. The van der Waals surface area contributed by atoms with E-state index >= 15 is 0 Å². The van der Waals surface area contributed by atoms with Gasteiger partial charge in [-0.3, -0.25) is 4.48 Å². The van der Waals surface area contributed by atoms with E-state index in [1.165, 1.54) is 0 Å². The van der Waals surface area contributed by atoms with Gasteiger partial charge < -0.3 is 40.9 Å². The Bertz CT molecular complexity index is 2920. The average Bonchev–Trinajstić information content (AvgIpc) is 3.08. The molecule has 0 heterocycles. The molecule has 0 saturated carbocycles. The van der Waals surface area contributed by atoms with Crippen molar-refractivity contribution in [1.82, 2.24) is 4.48 Å². The molecule has 0 bridgehead atoms. The second kappa shape index (κ2) is 11.7. The van der Waals surface area contributed by atoms with Gasteiger partial charge in [0, 0.05) is 88.2 Å². The van der Waals surface area contributed by atoms with Gasteiger partial charge >= 0.3 is 0 Å². The molecular formula is C50H56NO8+. The lowest BCUT2D eigenvalue weighted by molar-refractivity contribution is 0.414. The molecule has 8 N–H and O–H groups in total. The summed E-state index contributed by atoms with van der Waals surface area (Å²) in [5.74, 6) is -1.04. The smallest absolute Gasteiger partial charge is 0.150 e. The van der Waals surface area contributed by atoms with E-state index in [4.69, 9.17) is 0 Å². The van der Waals surface area contributed by atoms with E-state index in [2.05, 4.69) is 0 Å². The molecule has 0 radical (unpaired) electrons. The van der Waals surface area contributed by atoms with Crippen molar-refractivity contribution in [2.45, 2.75) is 105 Å². The summed E-state index contributed by atoms with van der Waals surface area (Å²) in [7, 11) is 3.78. The van der Waals surface area contributed by atoms with Crippen LogP contribution >= 0.6 is 0 Å². The van der Waals surface area contributed by atoms with Gasteiger partial charge in [0.2, 0.25) is 0 Å². The summed E-state index contributed by atoms with van der Waals surface area (Å²) in [5, 5.41) is 102. The quantitative estimate of drug-likeness (QED) is 0.0633. The van der Waals surface area contributed by atoms with Crippen molar-refractivity contribution in [2.75, 3.05) is 14.1 Å². The molecule has 59 heavy (non-hydrogen) atoms. The van der Waals surface area contributed by atoms with Gasteiger partial charge in [-0.1, -0.05) is 83.1 Å². The maximum absolute atomic E-state index is 12.6. The number of phenolic OH excluding ortho intramolecular Hbond substituents is 8. The second-order valence-corrected chi connectivity index (χ2v) is 21.2. The minimum atomic E-state index is -0.741. The number of nitrogens with zero attached hydrogens (tertiary/aromatic N) is 1. The van der Waals surface area contributed by atoms with Crippen LogP contribution in [0.3, 0.4) is 0 Å². The van der Waals surface area contributed by atoms with Crippen LogP contribution in [0.5, 0.6) is 46.0 Å².